The van der Waals surface area contributed by atoms with Crippen LogP contribution >= 0.6 is 0 Å². The van der Waals surface area contributed by atoms with Gasteiger partial charge in [-0.05, 0) is 44.4 Å². The molecule has 102 valence electrons. The van der Waals surface area contributed by atoms with Crippen molar-refractivity contribution in [1.82, 2.24) is 0 Å². The predicted octanol–water partition coefficient (Wildman–Crippen LogP) is 2.77. The number of rotatable bonds is 9. The molecule has 0 amide bonds. The highest BCUT2D eigenvalue weighted by Crippen LogP contribution is 2.14. The molecule has 1 unspecified atom stereocenters. The van der Waals surface area contributed by atoms with Crippen LogP contribution in [0.4, 0.5) is 0 Å². The lowest BCUT2D eigenvalue weighted by atomic mass is 10.1. The SMILES string of the molecule is CCOCCCOc1ccc(CCC(C)N)cc1. The van der Waals surface area contributed by atoms with E-state index >= 15 is 0 Å². The van der Waals surface area contributed by atoms with E-state index in [9.17, 15) is 0 Å². The third kappa shape index (κ3) is 6.62. The lowest BCUT2D eigenvalue weighted by Gasteiger charge is -2.08. The highest BCUT2D eigenvalue weighted by Gasteiger charge is 1.98. The minimum absolute atomic E-state index is 0.263. The summed E-state index contributed by atoms with van der Waals surface area (Å²) in [4.78, 5) is 0. The zero-order valence-corrected chi connectivity index (χ0v) is 11.5. The Balaban J connectivity index is 2.23. The van der Waals surface area contributed by atoms with Gasteiger partial charge in [0.15, 0.2) is 0 Å². The van der Waals surface area contributed by atoms with Crippen molar-refractivity contribution in [2.24, 2.45) is 5.73 Å². The Morgan fingerprint density at radius 1 is 1.17 bits per heavy atom. The van der Waals surface area contributed by atoms with Gasteiger partial charge in [-0.2, -0.15) is 0 Å². The molecule has 1 aromatic carbocycles. The van der Waals surface area contributed by atoms with Gasteiger partial charge in [-0.3, -0.25) is 0 Å². The summed E-state index contributed by atoms with van der Waals surface area (Å²) in [6.07, 6.45) is 2.98. The number of hydrogen-bond acceptors (Lipinski definition) is 3. The average Bonchev–Trinajstić information content (AvgIpc) is 2.37. The second kappa shape index (κ2) is 8.95. The number of benzene rings is 1. The van der Waals surface area contributed by atoms with Crippen molar-refractivity contribution in [2.75, 3.05) is 19.8 Å². The topological polar surface area (TPSA) is 44.5 Å². The van der Waals surface area contributed by atoms with Crippen LogP contribution in [0.5, 0.6) is 5.75 Å². The van der Waals surface area contributed by atoms with E-state index < -0.39 is 0 Å². The van der Waals surface area contributed by atoms with Gasteiger partial charge in [0, 0.05) is 25.7 Å². The fraction of sp³-hybridized carbons (Fsp3) is 0.600. The predicted molar refractivity (Wildman–Crippen MR) is 75.0 cm³/mol. The lowest BCUT2D eigenvalue weighted by molar-refractivity contribution is 0.131. The molecule has 0 aliphatic heterocycles. The van der Waals surface area contributed by atoms with Gasteiger partial charge >= 0.3 is 0 Å². The molecular formula is C15H25NO2. The molecule has 1 rings (SSSR count). The van der Waals surface area contributed by atoms with Crippen LogP contribution in [0.25, 0.3) is 0 Å². The Bertz CT molecular complexity index is 309. The fourth-order valence-corrected chi connectivity index (χ4v) is 1.64. The zero-order chi connectivity index (χ0) is 13.2. The molecule has 1 atom stereocenters. The molecule has 0 aromatic heterocycles. The van der Waals surface area contributed by atoms with Crippen LogP contribution in [0.3, 0.4) is 0 Å². The van der Waals surface area contributed by atoms with Gasteiger partial charge in [-0.15, -0.1) is 0 Å². The maximum Gasteiger partial charge on any atom is 0.119 e. The Labute approximate surface area is 110 Å². The zero-order valence-electron chi connectivity index (χ0n) is 11.5. The smallest absolute Gasteiger partial charge is 0.119 e. The third-order valence-corrected chi connectivity index (χ3v) is 2.72. The molecule has 0 radical (unpaired) electrons. The first kappa shape index (κ1) is 15.0. The van der Waals surface area contributed by atoms with E-state index in [1.807, 2.05) is 26.0 Å². The summed E-state index contributed by atoms with van der Waals surface area (Å²) in [5.74, 6) is 0.927. The van der Waals surface area contributed by atoms with E-state index in [1.54, 1.807) is 0 Å². The normalized spacial score (nSPS) is 12.4. The van der Waals surface area contributed by atoms with Crippen molar-refractivity contribution in [3.63, 3.8) is 0 Å². The summed E-state index contributed by atoms with van der Waals surface area (Å²) in [5, 5.41) is 0. The first-order valence-electron chi connectivity index (χ1n) is 6.77. The number of ether oxygens (including phenoxy) is 2. The maximum absolute atomic E-state index is 5.74. The first-order valence-corrected chi connectivity index (χ1v) is 6.77. The molecule has 3 nitrogen and oxygen atoms in total. The van der Waals surface area contributed by atoms with Crippen LogP contribution in [-0.2, 0) is 11.2 Å². The second-order valence-corrected chi connectivity index (χ2v) is 4.56. The quantitative estimate of drug-likeness (QED) is 0.686. The van der Waals surface area contributed by atoms with E-state index in [4.69, 9.17) is 15.2 Å². The van der Waals surface area contributed by atoms with Crippen molar-refractivity contribution in [1.29, 1.82) is 0 Å². The molecule has 0 saturated heterocycles. The van der Waals surface area contributed by atoms with Gasteiger partial charge < -0.3 is 15.2 Å². The molecule has 0 heterocycles. The Hall–Kier alpha value is -1.06. The van der Waals surface area contributed by atoms with Crippen LogP contribution in [0, 0.1) is 0 Å². The average molecular weight is 251 g/mol. The number of aryl methyl sites for hydroxylation is 1. The number of hydrogen-bond donors (Lipinski definition) is 1. The Morgan fingerprint density at radius 2 is 1.89 bits per heavy atom. The summed E-state index contributed by atoms with van der Waals surface area (Å²) in [6.45, 7) is 6.29. The van der Waals surface area contributed by atoms with Gasteiger partial charge in [0.05, 0.1) is 6.61 Å². The molecule has 18 heavy (non-hydrogen) atoms. The van der Waals surface area contributed by atoms with Gasteiger partial charge in [-0.25, -0.2) is 0 Å². The van der Waals surface area contributed by atoms with E-state index in [-0.39, 0.29) is 6.04 Å². The minimum atomic E-state index is 0.263. The summed E-state index contributed by atoms with van der Waals surface area (Å²) in [7, 11) is 0. The van der Waals surface area contributed by atoms with E-state index in [0.29, 0.717) is 6.61 Å². The summed E-state index contributed by atoms with van der Waals surface area (Å²) < 4.78 is 10.9. The van der Waals surface area contributed by atoms with Gasteiger partial charge in [0.2, 0.25) is 0 Å². The molecule has 3 heteroatoms. The van der Waals surface area contributed by atoms with E-state index in [1.165, 1.54) is 5.56 Å². The van der Waals surface area contributed by atoms with Gasteiger partial charge in [0.1, 0.15) is 5.75 Å². The van der Waals surface area contributed by atoms with Crippen molar-refractivity contribution in [3.05, 3.63) is 29.8 Å². The highest BCUT2D eigenvalue weighted by atomic mass is 16.5. The largest absolute Gasteiger partial charge is 0.494 e. The minimum Gasteiger partial charge on any atom is -0.494 e. The molecule has 0 spiro atoms. The molecule has 1 aromatic rings. The van der Waals surface area contributed by atoms with Crippen LogP contribution in [-0.4, -0.2) is 25.9 Å². The third-order valence-electron chi connectivity index (χ3n) is 2.72. The van der Waals surface area contributed by atoms with Gasteiger partial charge in [-0.1, -0.05) is 12.1 Å². The molecule has 0 bridgehead atoms. The van der Waals surface area contributed by atoms with Crippen molar-refractivity contribution in [2.45, 2.75) is 39.2 Å². The Kier molecular flexibility index (Phi) is 7.46. The molecule has 0 fully saturated rings. The lowest BCUT2D eigenvalue weighted by Crippen LogP contribution is -2.15. The van der Waals surface area contributed by atoms with Crippen molar-refractivity contribution >= 4 is 0 Å². The summed E-state index contributed by atoms with van der Waals surface area (Å²) in [5.41, 5.74) is 7.05. The van der Waals surface area contributed by atoms with E-state index in [0.717, 1.165) is 38.2 Å². The maximum atomic E-state index is 5.74. The molecule has 0 aliphatic carbocycles. The van der Waals surface area contributed by atoms with Crippen LogP contribution in [0.2, 0.25) is 0 Å². The Morgan fingerprint density at radius 3 is 2.50 bits per heavy atom. The van der Waals surface area contributed by atoms with Crippen molar-refractivity contribution < 1.29 is 9.47 Å². The summed E-state index contributed by atoms with van der Waals surface area (Å²) in [6, 6.07) is 8.54. The highest BCUT2D eigenvalue weighted by molar-refractivity contribution is 5.27. The fourth-order valence-electron chi connectivity index (χ4n) is 1.64. The monoisotopic (exact) mass is 251 g/mol. The van der Waals surface area contributed by atoms with Gasteiger partial charge in [0.25, 0.3) is 0 Å². The van der Waals surface area contributed by atoms with Crippen LogP contribution in [0.1, 0.15) is 32.3 Å². The first-order chi connectivity index (χ1) is 8.72. The van der Waals surface area contributed by atoms with Crippen LogP contribution < -0.4 is 10.5 Å². The van der Waals surface area contributed by atoms with Crippen molar-refractivity contribution in [3.8, 4) is 5.75 Å². The van der Waals surface area contributed by atoms with E-state index in [2.05, 4.69) is 12.1 Å². The second-order valence-electron chi connectivity index (χ2n) is 4.56. The van der Waals surface area contributed by atoms with Crippen LogP contribution in [0.15, 0.2) is 24.3 Å². The molecule has 2 N–H and O–H groups in total. The molecule has 0 saturated carbocycles. The molecule has 0 aliphatic rings. The standard InChI is InChI=1S/C15H25NO2/c1-3-17-11-4-12-18-15-9-7-14(8-10-15)6-5-13(2)16/h7-10,13H,3-6,11-12,16H2,1-2H3. The number of nitrogens with two attached hydrogens (primary N) is 1. The summed E-state index contributed by atoms with van der Waals surface area (Å²) >= 11 is 0. The molecular weight excluding hydrogens is 226 g/mol.